The molecule has 37 heavy (non-hydrogen) atoms. The zero-order valence-electron chi connectivity index (χ0n) is 20.5. The molecule has 3 rings (SSSR count). The van der Waals surface area contributed by atoms with Gasteiger partial charge in [-0.1, -0.05) is 35.9 Å². The molecule has 2 aromatic carbocycles. The second-order valence-electron chi connectivity index (χ2n) is 9.57. The number of benzene rings is 2. The number of alkyl halides is 5. The zero-order valence-corrected chi connectivity index (χ0v) is 21.3. The average Bonchev–Trinajstić information content (AvgIpc) is 2.75. The zero-order chi connectivity index (χ0) is 27.4. The Morgan fingerprint density at radius 2 is 1.84 bits per heavy atom. The Morgan fingerprint density at radius 3 is 2.49 bits per heavy atom. The van der Waals surface area contributed by atoms with Gasteiger partial charge in [-0.2, -0.15) is 0 Å². The maximum atomic E-state index is 14.0. The molecule has 204 valence electrons. The molecule has 12 heteroatoms. The van der Waals surface area contributed by atoms with E-state index in [0.29, 0.717) is 11.3 Å². The Bertz CT molecular complexity index is 1090. The minimum Gasteiger partial charge on any atom is -0.444 e. The van der Waals surface area contributed by atoms with Crippen molar-refractivity contribution in [3.05, 3.63) is 47.5 Å². The lowest BCUT2D eigenvalue weighted by Crippen LogP contribution is -2.53. The van der Waals surface area contributed by atoms with Crippen molar-refractivity contribution in [3.63, 3.8) is 0 Å². The highest BCUT2D eigenvalue weighted by Crippen LogP contribution is 2.38. The number of ether oxygens (including phenoxy) is 3. The predicted molar refractivity (Wildman–Crippen MR) is 129 cm³/mol. The van der Waals surface area contributed by atoms with Gasteiger partial charge in [0, 0.05) is 36.2 Å². The lowest BCUT2D eigenvalue weighted by molar-refractivity contribution is -0.274. The summed E-state index contributed by atoms with van der Waals surface area (Å²) in [5.41, 5.74) is 0.203. The molecule has 1 N–H and O–H groups in total. The first-order valence-electron chi connectivity index (χ1n) is 11.5. The van der Waals surface area contributed by atoms with Crippen molar-refractivity contribution in [2.75, 3.05) is 25.2 Å². The number of hydrogen-bond acceptors (Lipinski definition) is 5. The normalized spacial score (nSPS) is 17.9. The molecule has 6 nitrogen and oxygen atoms in total. The molecule has 0 aliphatic carbocycles. The number of amides is 1. The summed E-state index contributed by atoms with van der Waals surface area (Å²) in [6, 6.07) is 9.33. The number of carbonyl (C=O) groups is 1. The highest BCUT2D eigenvalue weighted by Gasteiger charge is 2.43. The molecule has 0 spiro atoms. The smallest absolute Gasteiger partial charge is 0.444 e. The van der Waals surface area contributed by atoms with Gasteiger partial charge in [0.2, 0.25) is 0 Å². The molecule has 0 aromatic heterocycles. The van der Waals surface area contributed by atoms with Crippen molar-refractivity contribution in [2.24, 2.45) is 0 Å². The van der Waals surface area contributed by atoms with E-state index in [4.69, 9.17) is 21.1 Å². The summed E-state index contributed by atoms with van der Waals surface area (Å²) in [7, 11) is 0. The van der Waals surface area contributed by atoms with E-state index in [-0.39, 0.29) is 36.2 Å². The number of carbonyl (C=O) groups excluding carboxylic acids is 1. The van der Waals surface area contributed by atoms with Crippen molar-refractivity contribution >= 4 is 23.4 Å². The van der Waals surface area contributed by atoms with Gasteiger partial charge >= 0.3 is 12.5 Å². The van der Waals surface area contributed by atoms with Crippen LogP contribution in [0.2, 0.25) is 5.02 Å². The number of nitrogens with zero attached hydrogens (tertiary/aromatic N) is 1. The SMILES string of the molecule is CC(C)(C)OC(=O)N1CCC(F)(F)C[C@@H]1COCNc1ccc(-c2ccccc2OC(F)(F)F)c(Cl)c1. The molecule has 2 aromatic rings. The second kappa shape index (κ2) is 11.3. The van der Waals surface area contributed by atoms with Crippen LogP contribution in [0.1, 0.15) is 33.6 Å². The van der Waals surface area contributed by atoms with Gasteiger partial charge in [-0.25, -0.2) is 13.6 Å². The lowest BCUT2D eigenvalue weighted by Gasteiger charge is -2.39. The first kappa shape index (κ1) is 28.8. The van der Waals surface area contributed by atoms with Crippen LogP contribution in [0.15, 0.2) is 42.5 Å². The van der Waals surface area contributed by atoms with E-state index in [1.807, 2.05) is 0 Å². The number of piperidine rings is 1. The Kier molecular flexibility index (Phi) is 8.79. The number of para-hydroxylation sites is 1. The fraction of sp³-hybridized carbons (Fsp3) is 0.480. The molecule has 1 aliphatic heterocycles. The van der Waals surface area contributed by atoms with E-state index in [0.717, 1.165) is 0 Å². The van der Waals surface area contributed by atoms with E-state index < -0.39 is 42.9 Å². The number of halogens is 6. The first-order chi connectivity index (χ1) is 17.1. The van der Waals surface area contributed by atoms with Crippen molar-refractivity contribution in [1.82, 2.24) is 4.90 Å². The topological polar surface area (TPSA) is 60.0 Å². The summed E-state index contributed by atoms with van der Waals surface area (Å²) >= 11 is 6.32. The summed E-state index contributed by atoms with van der Waals surface area (Å²) in [5, 5.41) is 3.08. The van der Waals surface area contributed by atoms with Gasteiger partial charge in [0.05, 0.1) is 17.7 Å². The monoisotopic (exact) mass is 550 g/mol. The maximum absolute atomic E-state index is 14.0. The number of rotatable bonds is 7. The van der Waals surface area contributed by atoms with Gasteiger partial charge in [0.1, 0.15) is 18.1 Å². The van der Waals surface area contributed by atoms with Crippen LogP contribution >= 0.6 is 11.6 Å². The highest BCUT2D eigenvalue weighted by molar-refractivity contribution is 6.33. The first-order valence-corrected chi connectivity index (χ1v) is 11.9. The van der Waals surface area contributed by atoms with Crippen molar-refractivity contribution in [2.45, 2.75) is 57.5 Å². The minimum atomic E-state index is -4.86. The van der Waals surface area contributed by atoms with Crippen LogP contribution < -0.4 is 10.1 Å². The molecule has 1 aliphatic rings. The van der Waals surface area contributed by atoms with Gasteiger partial charge in [-0.05, 0) is 39.0 Å². The molecule has 0 radical (unpaired) electrons. The van der Waals surface area contributed by atoms with Crippen LogP contribution in [0.25, 0.3) is 11.1 Å². The van der Waals surface area contributed by atoms with Gasteiger partial charge in [0.25, 0.3) is 5.92 Å². The van der Waals surface area contributed by atoms with Gasteiger partial charge < -0.3 is 24.4 Å². The number of likely N-dealkylation sites (tertiary alicyclic amines) is 1. The summed E-state index contributed by atoms with van der Waals surface area (Å²) in [5.74, 6) is -3.31. The number of anilines is 1. The molecule has 0 saturated carbocycles. The van der Waals surface area contributed by atoms with E-state index in [1.165, 1.54) is 35.2 Å². The van der Waals surface area contributed by atoms with Crippen LogP contribution in [0.5, 0.6) is 5.75 Å². The number of nitrogens with one attached hydrogen (secondary N) is 1. The summed E-state index contributed by atoms with van der Waals surface area (Å²) in [4.78, 5) is 13.7. The molecular formula is C25H28ClF5N2O4. The van der Waals surface area contributed by atoms with E-state index in [9.17, 15) is 26.7 Å². The van der Waals surface area contributed by atoms with Crippen LogP contribution in [-0.4, -0.2) is 54.8 Å². The van der Waals surface area contributed by atoms with Gasteiger partial charge in [-0.15, -0.1) is 13.2 Å². The predicted octanol–water partition coefficient (Wildman–Crippen LogP) is 7.33. The fourth-order valence-corrected chi connectivity index (χ4v) is 4.09. The van der Waals surface area contributed by atoms with Crippen molar-refractivity contribution in [3.8, 4) is 16.9 Å². The average molecular weight is 551 g/mol. The molecule has 1 fully saturated rings. The van der Waals surface area contributed by atoms with Crippen LogP contribution in [0, 0.1) is 0 Å². The minimum absolute atomic E-state index is 0.0896. The Hall–Kier alpha value is -2.79. The lowest BCUT2D eigenvalue weighted by atomic mass is 9.99. The molecule has 0 unspecified atom stereocenters. The number of hydrogen-bond donors (Lipinski definition) is 1. The third-order valence-corrected chi connectivity index (χ3v) is 5.69. The Balaban J connectivity index is 1.61. The quantitative estimate of drug-likeness (QED) is 0.222. The molecular weight excluding hydrogens is 523 g/mol. The van der Waals surface area contributed by atoms with E-state index in [2.05, 4.69) is 10.1 Å². The maximum Gasteiger partial charge on any atom is 0.573 e. The van der Waals surface area contributed by atoms with E-state index in [1.54, 1.807) is 32.9 Å². The Morgan fingerprint density at radius 1 is 1.14 bits per heavy atom. The largest absolute Gasteiger partial charge is 0.573 e. The third-order valence-electron chi connectivity index (χ3n) is 5.38. The van der Waals surface area contributed by atoms with Crippen LogP contribution in [-0.2, 0) is 9.47 Å². The van der Waals surface area contributed by atoms with Crippen LogP contribution in [0.3, 0.4) is 0 Å². The molecule has 1 saturated heterocycles. The molecule has 0 bridgehead atoms. The van der Waals surface area contributed by atoms with E-state index >= 15 is 0 Å². The highest BCUT2D eigenvalue weighted by atomic mass is 35.5. The Labute approximate surface area is 216 Å². The third kappa shape index (κ3) is 8.63. The van der Waals surface area contributed by atoms with Crippen molar-refractivity contribution in [1.29, 1.82) is 0 Å². The summed E-state index contributed by atoms with van der Waals surface area (Å²) in [6.45, 7) is 4.68. The molecule has 1 amide bonds. The van der Waals surface area contributed by atoms with Crippen LogP contribution in [0.4, 0.5) is 32.4 Å². The molecule has 1 heterocycles. The van der Waals surface area contributed by atoms with Gasteiger partial charge in [0.15, 0.2) is 0 Å². The fourth-order valence-electron chi connectivity index (χ4n) is 3.81. The second-order valence-corrected chi connectivity index (χ2v) is 9.98. The summed E-state index contributed by atoms with van der Waals surface area (Å²) in [6.07, 6.45) is -6.54. The molecule has 1 atom stereocenters. The van der Waals surface area contributed by atoms with Crippen molar-refractivity contribution < 1.29 is 41.0 Å². The van der Waals surface area contributed by atoms with Gasteiger partial charge in [-0.3, -0.25) is 0 Å². The summed E-state index contributed by atoms with van der Waals surface area (Å²) < 4.78 is 81.2. The standard InChI is InChI=1S/C25H28ClF5N2O4/c1-23(2,3)37-22(34)33-11-10-24(27,28)13-17(33)14-35-15-32-16-8-9-18(20(26)12-16)19-6-4-5-7-21(19)36-25(29,30)31/h4-9,12,17,32H,10-11,13-15H2,1-3H3/t17-/m1/s1.